The van der Waals surface area contributed by atoms with Crippen molar-refractivity contribution in [1.82, 2.24) is 19.1 Å². The van der Waals surface area contributed by atoms with Crippen LogP contribution in [0.4, 0.5) is 15.9 Å². The monoisotopic (exact) mass is 494 g/mol. The maximum absolute atomic E-state index is 13.6. The van der Waals surface area contributed by atoms with E-state index in [1.165, 1.54) is 21.6 Å². The first-order chi connectivity index (χ1) is 16.9. The van der Waals surface area contributed by atoms with Gasteiger partial charge >= 0.3 is 5.69 Å². The number of imidazole rings is 1. The molecule has 0 aliphatic rings. The van der Waals surface area contributed by atoms with Crippen LogP contribution < -0.4 is 21.9 Å². The SMILES string of the molecule is CCN(C(=O)CSc1nccn1-c1cccc(F)c1)c1c(N)n(Cc2ccccc2)c(=O)[nH]c1=O. The lowest BCUT2D eigenvalue weighted by Crippen LogP contribution is -2.41. The number of nitrogens with two attached hydrogens (primary N) is 1. The maximum Gasteiger partial charge on any atom is 0.330 e. The molecule has 1 amide bonds. The molecule has 2 aromatic heterocycles. The van der Waals surface area contributed by atoms with Crippen LogP contribution in [-0.2, 0) is 11.3 Å². The highest BCUT2D eigenvalue weighted by atomic mass is 32.2. The second-order valence-electron chi connectivity index (χ2n) is 7.55. The number of rotatable bonds is 8. The van der Waals surface area contributed by atoms with Gasteiger partial charge in [-0.15, -0.1) is 0 Å². The molecule has 2 heterocycles. The maximum atomic E-state index is 13.6. The van der Waals surface area contributed by atoms with E-state index >= 15 is 0 Å². The van der Waals surface area contributed by atoms with E-state index in [4.69, 9.17) is 5.73 Å². The molecule has 3 N–H and O–H groups in total. The molecule has 35 heavy (non-hydrogen) atoms. The van der Waals surface area contributed by atoms with E-state index in [0.29, 0.717) is 10.8 Å². The predicted octanol–water partition coefficient (Wildman–Crippen LogP) is 2.64. The number of benzene rings is 2. The van der Waals surface area contributed by atoms with Crippen molar-refractivity contribution in [2.24, 2.45) is 0 Å². The Bertz CT molecular complexity index is 1460. The number of nitrogens with zero attached hydrogens (tertiary/aromatic N) is 4. The summed E-state index contributed by atoms with van der Waals surface area (Å²) in [4.78, 5) is 46.0. The average Bonchev–Trinajstić information content (AvgIpc) is 3.32. The highest BCUT2D eigenvalue weighted by molar-refractivity contribution is 7.99. The molecule has 0 atom stereocenters. The van der Waals surface area contributed by atoms with Gasteiger partial charge in [-0.05, 0) is 30.7 Å². The summed E-state index contributed by atoms with van der Waals surface area (Å²) in [5, 5.41) is 0.482. The molecule has 4 rings (SSSR count). The Balaban J connectivity index is 1.58. The lowest BCUT2D eigenvalue weighted by molar-refractivity contribution is -0.116. The van der Waals surface area contributed by atoms with Gasteiger partial charge in [0.15, 0.2) is 10.8 Å². The summed E-state index contributed by atoms with van der Waals surface area (Å²) in [5.41, 5.74) is 6.15. The molecule has 0 unspecified atom stereocenters. The third-order valence-corrected chi connectivity index (χ3v) is 6.25. The minimum Gasteiger partial charge on any atom is -0.383 e. The number of nitrogens with one attached hydrogen (secondary N) is 1. The van der Waals surface area contributed by atoms with Crippen LogP contribution in [0.3, 0.4) is 0 Å². The van der Waals surface area contributed by atoms with E-state index in [-0.39, 0.29) is 36.2 Å². The number of H-pyrrole nitrogens is 1. The Morgan fingerprint density at radius 2 is 1.94 bits per heavy atom. The molecular formula is C24H23FN6O3S. The molecule has 11 heteroatoms. The van der Waals surface area contributed by atoms with E-state index in [0.717, 1.165) is 17.3 Å². The fourth-order valence-corrected chi connectivity index (χ4v) is 4.49. The summed E-state index contributed by atoms with van der Waals surface area (Å²) in [6.07, 6.45) is 3.22. The van der Waals surface area contributed by atoms with Crippen LogP contribution in [-0.4, -0.2) is 37.3 Å². The first kappa shape index (κ1) is 24.0. The van der Waals surface area contributed by atoms with Crippen LogP contribution in [0.15, 0.2) is 81.7 Å². The minimum atomic E-state index is -0.738. The van der Waals surface area contributed by atoms with E-state index in [1.54, 1.807) is 36.0 Å². The van der Waals surface area contributed by atoms with Gasteiger partial charge in [0.25, 0.3) is 5.56 Å². The summed E-state index contributed by atoms with van der Waals surface area (Å²) >= 11 is 1.14. The lowest BCUT2D eigenvalue weighted by atomic mass is 10.2. The van der Waals surface area contributed by atoms with Gasteiger partial charge in [0.1, 0.15) is 11.6 Å². The van der Waals surface area contributed by atoms with Crippen LogP contribution in [0.5, 0.6) is 0 Å². The Hall–Kier alpha value is -4.12. The highest BCUT2D eigenvalue weighted by Gasteiger charge is 2.23. The van der Waals surface area contributed by atoms with Crippen LogP contribution >= 0.6 is 11.8 Å². The summed E-state index contributed by atoms with van der Waals surface area (Å²) < 4.78 is 16.5. The minimum absolute atomic E-state index is 0.0587. The van der Waals surface area contributed by atoms with E-state index in [2.05, 4.69) is 9.97 Å². The van der Waals surface area contributed by atoms with Gasteiger partial charge in [-0.2, -0.15) is 0 Å². The van der Waals surface area contributed by atoms with Crippen LogP contribution in [0.25, 0.3) is 5.69 Å². The summed E-state index contributed by atoms with van der Waals surface area (Å²) in [7, 11) is 0. The number of aromatic nitrogens is 4. The van der Waals surface area contributed by atoms with Crippen molar-refractivity contribution in [2.45, 2.75) is 18.6 Å². The summed E-state index contributed by atoms with van der Waals surface area (Å²) in [6.45, 7) is 2.01. The molecule has 4 aromatic rings. The van der Waals surface area contributed by atoms with Crippen molar-refractivity contribution in [3.63, 3.8) is 0 Å². The molecule has 0 fully saturated rings. The van der Waals surface area contributed by atoms with Gasteiger partial charge in [-0.1, -0.05) is 48.2 Å². The Labute approximate surface area is 204 Å². The second-order valence-corrected chi connectivity index (χ2v) is 8.49. The number of halogens is 1. The van der Waals surface area contributed by atoms with Gasteiger partial charge in [-0.3, -0.25) is 23.7 Å². The predicted molar refractivity (Wildman–Crippen MR) is 134 cm³/mol. The van der Waals surface area contributed by atoms with Gasteiger partial charge in [0, 0.05) is 18.9 Å². The molecule has 0 saturated carbocycles. The lowest BCUT2D eigenvalue weighted by Gasteiger charge is -2.23. The third-order valence-electron chi connectivity index (χ3n) is 5.30. The third kappa shape index (κ3) is 5.19. The molecule has 0 spiro atoms. The molecule has 2 aromatic carbocycles. The number of aromatic amines is 1. The Morgan fingerprint density at radius 1 is 1.17 bits per heavy atom. The second kappa shape index (κ2) is 10.4. The summed E-state index contributed by atoms with van der Waals surface area (Å²) in [6, 6.07) is 15.2. The number of hydrogen-bond acceptors (Lipinski definition) is 6. The quantitative estimate of drug-likeness (QED) is 0.364. The van der Waals surface area contributed by atoms with Gasteiger partial charge < -0.3 is 10.6 Å². The van der Waals surface area contributed by atoms with Crippen LogP contribution in [0.1, 0.15) is 12.5 Å². The van der Waals surface area contributed by atoms with E-state index < -0.39 is 17.2 Å². The van der Waals surface area contributed by atoms with Gasteiger partial charge in [-0.25, -0.2) is 14.2 Å². The molecule has 0 radical (unpaired) electrons. The van der Waals surface area contributed by atoms with Crippen molar-refractivity contribution in [3.8, 4) is 5.69 Å². The smallest absolute Gasteiger partial charge is 0.330 e. The zero-order chi connectivity index (χ0) is 24.9. The standard InChI is InChI=1S/C24H23FN6O3S/c1-2-29(19(32)15-35-24-27-11-12-30(24)18-10-6-9-17(25)13-18)20-21(26)31(23(34)28-22(20)33)14-16-7-4-3-5-8-16/h3-13H,2,14-15,26H2,1H3,(H,28,33,34). The van der Waals surface area contributed by atoms with Crippen molar-refractivity contribution in [3.05, 3.63) is 99.2 Å². The molecule has 9 nitrogen and oxygen atoms in total. The molecule has 180 valence electrons. The average molecular weight is 495 g/mol. The number of thioether (sulfide) groups is 1. The van der Waals surface area contributed by atoms with Crippen LogP contribution in [0, 0.1) is 5.82 Å². The molecule has 0 aliphatic carbocycles. The molecular weight excluding hydrogens is 471 g/mol. The highest BCUT2D eigenvalue weighted by Crippen LogP contribution is 2.23. The largest absolute Gasteiger partial charge is 0.383 e. The molecule has 0 bridgehead atoms. The fourth-order valence-electron chi connectivity index (χ4n) is 3.64. The van der Waals surface area contributed by atoms with Crippen molar-refractivity contribution < 1.29 is 9.18 Å². The zero-order valence-corrected chi connectivity index (χ0v) is 19.7. The normalized spacial score (nSPS) is 10.9. The number of nitrogen functional groups attached to an aromatic ring is 1. The fraction of sp³-hybridized carbons (Fsp3) is 0.167. The van der Waals surface area contributed by atoms with Gasteiger partial charge in [0.05, 0.1) is 18.0 Å². The van der Waals surface area contributed by atoms with Crippen molar-refractivity contribution in [2.75, 3.05) is 22.9 Å². The topological polar surface area (TPSA) is 119 Å². The number of carbonyl (C=O) groups is 1. The number of anilines is 2. The summed E-state index contributed by atoms with van der Waals surface area (Å²) in [5.74, 6) is -0.935. The number of amides is 1. The first-order valence-corrected chi connectivity index (χ1v) is 11.8. The molecule has 0 aliphatic heterocycles. The van der Waals surface area contributed by atoms with E-state index in [1.807, 2.05) is 30.3 Å². The number of hydrogen-bond donors (Lipinski definition) is 2. The van der Waals surface area contributed by atoms with Crippen LogP contribution in [0.2, 0.25) is 0 Å². The Morgan fingerprint density at radius 3 is 2.66 bits per heavy atom. The van der Waals surface area contributed by atoms with Crippen molar-refractivity contribution >= 4 is 29.2 Å². The van der Waals surface area contributed by atoms with Crippen molar-refractivity contribution in [1.29, 1.82) is 0 Å². The Kier molecular flexibility index (Phi) is 7.16. The first-order valence-electron chi connectivity index (χ1n) is 10.8. The van der Waals surface area contributed by atoms with Gasteiger partial charge in [0.2, 0.25) is 5.91 Å². The molecule has 0 saturated heterocycles. The van der Waals surface area contributed by atoms with E-state index in [9.17, 15) is 18.8 Å². The zero-order valence-electron chi connectivity index (χ0n) is 18.8. The number of carbonyl (C=O) groups excluding carboxylic acids is 1.